The minimum Gasteiger partial charge on any atom is -0.360 e. The zero-order valence-corrected chi connectivity index (χ0v) is 13.8. The molecule has 2 N–H and O–H groups in total. The van der Waals surface area contributed by atoms with E-state index in [9.17, 15) is 13.2 Å². The molecule has 1 heterocycles. The highest BCUT2D eigenvalue weighted by Crippen LogP contribution is 2.15. The second kappa shape index (κ2) is 6.80. The van der Waals surface area contributed by atoms with Crippen molar-refractivity contribution in [3.63, 3.8) is 0 Å². The Morgan fingerprint density at radius 1 is 1.30 bits per heavy atom. The van der Waals surface area contributed by atoms with Crippen LogP contribution in [0, 0.1) is 6.92 Å². The molecule has 0 fully saturated rings. The van der Waals surface area contributed by atoms with Crippen LogP contribution in [-0.4, -0.2) is 38.0 Å². The van der Waals surface area contributed by atoms with Gasteiger partial charge in [0.1, 0.15) is 5.76 Å². The maximum Gasteiger partial charge on any atom is 0.320 e. The summed E-state index contributed by atoms with van der Waals surface area (Å²) in [5.74, 6) is 0.894. The summed E-state index contributed by atoms with van der Waals surface area (Å²) < 4.78 is 30.1. The van der Waals surface area contributed by atoms with E-state index < -0.39 is 16.1 Å². The SMILES string of the molecule is Cc1cc(NC(=O)NCc2cccc(S(=O)(=O)N(C)C)c2)no1. The Balaban J connectivity index is 2.00. The number of carbonyl (C=O) groups excluding carboxylic acids is 1. The maximum atomic E-state index is 12.1. The number of urea groups is 1. The van der Waals surface area contributed by atoms with E-state index in [1.807, 2.05) is 0 Å². The highest BCUT2D eigenvalue weighted by molar-refractivity contribution is 7.89. The predicted octanol–water partition coefficient (Wildman–Crippen LogP) is 1.56. The largest absolute Gasteiger partial charge is 0.360 e. The van der Waals surface area contributed by atoms with Crippen LogP contribution in [0.5, 0.6) is 0 Å². The Morgan fingerprint density at radius 3 is 2.65 bits per heavy atom. The fourth-order valence-electron chi connectivity index (χ4n) is 1.79. The van der Waals surface area contributed by atoms with Crippen LogP contribution in [0.15, 0.2) is 39.8 Å². The Labute approximate surface area is 134 Å². The van der Waals surface area contributed by atoms with Crippen molar-refractivity contribution in [1.82, 2.24) is 14.8 Å². The van der Waals surface area contributed by atoms with Crippen LogP contribution in [0.3, 0.4) is 0 Å². The van der Waals surface area contributed by atoms with Crippen LogP contribution in [0.1, 0.15) is 11.3 Å². The maximum absolute atomic E-state index is 12.1. The molecule has 1 aromatic heterocycles. The molecule has 0 saturated heterocycles. The van der Waals surface area contributed by atoms with Crippen LogP contribution < -0.4 is 10.6 Å². The van der Waals surface area contributed by atoms with E-state index in [2.05, 4.69) is 15.8 Å². The quantitative estimate of drug-likeness (QED) is 0.861. The predicted molar refractivity (Wildman–Crippen MR) is 84.4 cm³/mol. The molecule has 0 saturated carbocycles. The van der Waals surface area contributed by atoms with Crippen molar-refractivity contribution in [3.05, 3.63) is 41.7 Å². The van der Waals surface area contributed by atoms with E-state index in [1.165, 1.54) is 26.2 Å². The summed E-state index contributed by atoms with van der Waals surface area (Å²) in [6.45, 7) is 1.90. The Morgan fingerprint density at radius 2 is 2.04 bits per heavy atom. The van der Waals surface area contributed by atoms with Crippen molar-refractivity contribution in [2.75, 3.05) is 19.4 Å². The first kappa shape index (κ1) is 17.0. The van der Waals surface area contributed by atoms with Crippen LogP contribution in [-0.2, 0) is 16.6 Å². The third-order valence-electron chi connectivity index (χ3n) is 3.00. The van der Waals surface area contributed by atoms with Crippen LogP contribution in [0.2, 0.25) is 0 Å². The monoisotopic (exact) mass is 338 g/mol. The van der Waals surface area contributed by atoms with Gasteiger partial charge in [0.25, 0.3) is 0 Å². The van der Waals surface area contributed by atoms with Gasteiger partial charge in [-0.15, -0.1) is 0 Å². The van der Waals surface area contributed by atoms with Gasteiger partial charge in [0, 0.05) is 26.7 Å². The Bertz CT molecular complexity index is 799. The topological polar surface area (TPSA) is 105 Å². The average Bonchev–Trinajstić information content (AvgIpc) is 2.90. The lowest BCUT2D eigenvalue weighted by molar-refractivity contribution is 0.251. The lowest BCUT2D eigenvalue weighted by atomic mass is 10.2. The van der Waals surface area contributed by atoms with Gasteiger partial charge in [-0.2, -0.15) is 0 Å². The fourth-order valence-corrected chi connectivity index (χ4v) is 2.77. The van der Waals surface area contributed by atoms with Gasteiger partial charge < -0.3 is 9.84 Å². The Kier molecular flexibility index (Phi) is 5.02. The first-order valence-corrected chi connectivity index (χ1v) is 8.22. The van der Waals surface area contributed by atoms with Gasteiger partial charge in [0.2, 0.25) is 10.0 Å². The molecule has 0 unspecified atom stereocenters. The molecule has 0 aliphatic heterocycles. The molecule has 0 aliphatic carbocycles. The van der Waals surface area contributed by atoms with Gasteiger partial charge in [0.05, 0.1) is 4.90 Å². The summed E-state index contributed by atoms with van der Waals surface area (Å²) in [4.78, 5) is 11.9. The van der Waals surface area contributed by atoms with Crippen molar-refractivity contribution in [2.45, 2.75) is 18.4 Å². The molecular weight excluding hydrogens is 320 g/mol. The first-order chi connectivity index (χ1) is 10.8. The summed E-state index contributed by atoms with van der Waals surface area (Å²) in [6, 6.07) is 7.53. The number of rotatable bonds is 5. The summed E-state index contributed by atoms with van der Waals surface area (Å²) in [7, 11) is -0.569. The number of nitrogens with zero attached hydrogens (tertiary/aromatic N) is 2. The molecule has 23 heavy (non-hydrogen) atoms. The number of benzene rings is 1. The zero-order chi connectivity index (χ0) is 17.0. The van der Waals surface area contributed by atoms with Crippen molar-refractivity contribution >= 4 is 21.9 Å². The van der Waals surface area contributed by atoms with E-state index in [1.54, 1.807) is 25.1 Å². The molecule has 0 spiro atoms. The number of carbonyl (C=O) groups is 1. The van der Waals surface area contributed by atoms with E-state index in [4.69, 9.17) is 4.52 Å². The summed E-state index contributed by atoms with van der Waals surface area (Å²) in [5, 5.41) is 8.78. The zero-order valence-electron chi connectivity index (χ0n) is 13.0. The molecule has 8 nitrogen and oxygen atoms in total. The molecule has 2 aromatic rings. The lowest BCUT2D eigenvalue weighted by Crippen LogP contribution is -2.28. The number of nitrogens with one attached hydrogen (secondary N) is 2. The molecule has 0 bridgehead atoms. The smallest absolute Gasteiger partial charge is 0.320 e. The third-order valence-corrected chi connectivity index (χ3v) is 4.81. The number of amides is 2. The van der Waals surface area contributed by atoms with Gasteiger partial charge in [-0.3, -0.25) is 5.32 Å². The minimum atomic E-state index is -3.50. The van der Waals surface area contributed by atoms with E-state index in [0.29, 0.717) is 17.1 Å². The molecule has 9 heteroatoms. The van der Waals surface area contributed by atoms with Gasteiger partial charge in [-0.1, -0.05) is 17.3 Å². The van der Waals surface area contributed by atoms with Crippen molar-refractivity contribution in [3.8, 4) is 0 Å². The number of aromatic nitrogens is 1. The number of anilines is 1. The molecule has 2 amide bonds. The molecule has 124 valence electrons. The van der Waals surface area contributed by atoms with Gasteiger partial charge in [-0.05, 0) is 24.6 Å². The molecule has 0 atom stereocenters. The number of sulfonamides is 1. The standard InChI is InChI=1S/C14H18N4O4S/c1-10-7-13(17-22-10)16-14(19)15-9-11-5-4-6-12(8-11)23(20,21)18(2)3/h4-8H,9H2,1-3H3,(H2,15,16,17,19). The van der Waals surface area contributed by atoms with Crippen molar-refractivity contribution < 1.29 is 17.7 Å². The second-order valence-electron chi connectivity index (χ2n) is 5.07. The van der Waals surface area contributed by atoms with Crippen molar-refractivity contribution in [2.24, 2.45) is 0 Å². The van der Waals surface area contributed by atoms with Crippen LogP contribution in [0.25, 0.3) is 0 Å². The first-order valence-electron chi connectivity index (χ1n) is 6.78. The van der Waals surface area contributed by atoms with Crippen molar-refractivity contribution in [1.29, 1.82) is 0 Å². The highest BCUT2D eigenvalue weighted by Gasteiger charge is 2.17. The molecule has 0 radical (unpaired) electrons. The highest BCUT2D eigenvalue weighted by atomic mass is 32.2. The molecule has 0 aliphatic rings. The van der Waals surface area contributed by atoms with E-state index in [-0.39, 0.29) is 11.4 Å². The van der Waals surface area contributed by atoms with Crippen LogP contribution in [0.4, 0.5) is 10.6 Å². The number of aryl methyl sites for hydroxylation is 1. The fraction of sp³-hybridized carbons (Fsp3) is 0.286. The minimum absolute atomic E-state index is 0.175. The number of hydrogen-bond acceptors (Lipinski definition) is 5. The van der Waals surface area contributed by atoms with Gasteiger partial charge >= 0.3 is 6.03 Å². The second-order valence-corrected chi connectivity index (χ2v) is 7.22. The normalized spacial score (nSPS) is 11.5. The molecular formula is C14H18N4O4S. The summed E-state index contributed by atoms with van der Waals surface area (Å²) in [5.41, 5.74) is 0.666. The molecule has 2 rings (SSSR count). The number of hydrogen-bond donors (Lipinski definition) is 2. The average molecular weight is 338 g/mol. The van der Waals surface area contributed by atoms with Gasteiger partial charge in [-0.25, -0.2) is 17.5 Å². The summed E-state index contributed by atoms with van der Waals surface area (Å²) in [6.07, 6.45) is 0. The van der Waals surface area contributed by atoms with Crippen LogP contribution >= 0.6 is 0 Å². The summed E-state index contributed by atoms with van der Waals surface area (Å²) >= 11 is 0. The lowest BCUT2D eigenvalue weighted by Gasteiger charge is -2.12. The van der Waals surface area contributed by atoms with Gasteiger partial charge in [0.15, 0.2) is 5.82 Å². The van der Waals surface area contributed by atoms with E-state index in [0.717, 1.165) is 4.31 Å². The molecule has 1 aromatic carbocycles. The van der Waals surface area contributed by atoms with E-state index >= 15 is 0 Å². The third kappa shape index (κ3) is 4.30. The Hall–Kier alpha value is -2.39.